The van der Waals surface area contributed by atoms with Gasteiger partial charge in [0.1, 0.15) is 23.2 Å². The van der Waals surface area contributed by atoms with Gasteiger partial charge in [-0.25, -0.2) is 4.79 Å². The van der Waals surface area contributed by atoms with E-state index in [0.717, 1.165) is 29.4 Å². The first-order chi connectivity index (χ1) is 12.7. The van der Waals surface area contributed by atoms with E-state index in [1.54, 1.807) is 0 Å². The lowest BCUT2D eigenvalue weighted by atomic mass is 9.85. The molecule has 1 aromatic heterocycles. The SMILES string of the molecule is CCCc1cc(=O)oc2c3c(c4c(c12)OC(C)(C)C=C4)O[C@@H](C)[C@@H](C)[C@H]3O. The van der Waals surface area contributed by atoms with Crippen LogP contribution < -0.4 is 15.1 Å². The minimum Gasteiger partial charge on any atom is -0.489 e. The molecule has 2 aliphatic rings. The van der Waals surface area contributed by atoms with Crippen molar-refractivity contribution in [1.82, 2.24) is 0 Å². The number of fused-ring (bicyclic) bond motifs is 6. The third kappa shape index (κ3) is 2.76. The predicted molar refractivity (Wildman–Crippen MR) is 104 cm³/mol. The van der Waals surface area contributed by atoms with Crippen LogP contribution >= 0.6 is 0 Å². The zero-order valence-electron chi connectivity index (χ0n) is 16.5. The molecule has 3 atom stereocenters. The first kappa shape index (κ1) is 18.1. The summed E-state index contributed by atoms with van der Waals surface area (Å²) in [5, 5.41) is 11.8. The average molecular weight is 370 g/mol. The molecule has 5 heteroatoms. The van der Waals surface area contributed by atoms with Crippen molar-refractivity contribution in [2.45, 2.75) is 65.3 Å². The molecule has 0 fully saturated rings. The highest BCUT2D eigenvalue weighted by Gasteiger charge is 2.39. The van der Waals surface area contributed by atoms with Crippen molar-refractivity contribution < 1.29 is 19.0 Å². The minimum absolute atomic E-state index is 0.121. The van der Waals surface area contributed by atoms with Gasteiger partial charge in [-0.15, -0.1) is 0 Å². The van der Waals surface area contributed by atoms with Crippen LogP contribution in [0.5, 0.6) is 11.5 Å². The zero-order valence-corrected chi connectivity index (χ0v) is 16.5. The molecule has 5 nitrogen and oxygen atoms in total. The summed E-state index contributed by atoms with van der Waals surface area (Å²) >= 11 is 0. The van der Waals surface area contributed by atoms with Gasteiger partial charge >= 0.3 is 5.63 Å². The van der Waals surface area contributed by atoms with Gasteiger partial charge in [-0.3, -0.25) is 0 Å². The molecule has 0 amide bonds. The fraction of sp³-hybridized carbons (Fsp3) is 0.500. The highest BCUT2D eigenvalue weighted by molar-refractivity contribution is 5.97. The van der Waals surface area contributed by atoms with Crippen molar-refractivity contribution in [3.63, 3.8) is 0 Å². The Morgan fingerprint density at radius 2 is 1.96 bits per heavy atom. The maximum absolute atomic E-state index is 12.3. The van der Waals surface area contributed by atoms with Crippen molar-refractivity contribution in [3.05, 3.63) is 39.3 Å². The molecule has 144 valence electrons. The topological polar surface area (TPSA) is 68.9 Å². The Balaban J connectivity index is 2.17. The van der Waals surface area contributed by atoms with E-state index in [-0.39, 0.29) is 12.0 Å². The second-order valence-corrected chi connectivity index (χ2v) is 8.20. The van der Waals surface area contributed by atoms with Gasteiger partial charge in [0.2, 0.25) is 0 Å². The number of hydrogen-bond donors (Lipinski definition) is 1. The summed E-state index contributed by atoms with van der Waals surface area (Å²) in [6.45, 7) is 9.91. The highest BCUT2D eigenvalue weighted by Crippen LogP contribution is 2.52. The van der Waals surface area contributed by atoms with Gasteiger partial charge in [0, 0.05) is 12.0 Å². The van der Waals surface area contributed by atoms with Gasteiger partial charge in [0.05, 0.1) is 22.6 Å². The zero-order chi connectivity index (χ0) is 19.5. The molecule has 1 aromatic carbocycles. The Bertz CT molecular complexity index is 998. The number of benzene rings is 1. The smallest absolute Gasteiger partial charge is 0.336 e. The Labute approximate surface area is 158 Å². The summed E-state index contributed by atoms with van der Waals surface area (Å²) < 4.78 is 18.1. The molecule has 4 rings (SSSR count). The molecule has 27 heavy (non-hydrogen) atoms. The predicted octanol–water partition coefficient (Wildman–Crippen LogP) is 4.38. The fourth-order valence-electron chi connectivity index (χ4n) is 3.98. The summed E-state index contributed by atoms with van der Waals surface area (Å²) in [7, 11) is 0. The van der Waals surface area contributed by atoms with Crippen molar-refractivity contribution >= 4 is 17.0 Å². The van der Waals surface area contributed by atoms with E-state index in [2.05, 4.69) is 6.92 Å². The second-order valence-electron chi connectivity index (χ2n) is 8.20. The molecule has 0 saturated carbocycles. The second kappa shape index (κ2) is 6.13. The molecule has 2 aromatic rings. The number of aliphatic hydroxyl groups excluding tert-OH is 1. The van der Waals surface area contributed by atoms with Gasteiger partial charge in [-0.1, -0.05) is 20.3 Å². The first-order valence-corrected chi connectivity index (χ1v) is 9.63. The Hall–Kier alpha value is -2.27. The molecule has 0 spiro atoms. The monoisotopic (exact) mass is 370 g/mol. The number of aliphatic hydroxyl groups is 1. The molecule has 0 radical (unpaired) electrons. The minimum atomic E-state index is -0.778. The first-order valence-electron chi connectivity index (χ1n) is 9.63. The summed E-state index contributed by atoms with van der Waals surface area (Å²) in [4.78, 5) is 12.3. The van der Waals surface area contributed by atoms with Crippen LogP contribution in [0.4, 0.5) is 0 Å². The quantitative estimate of drug-likeness (QED) is 0.795. The molecule has 0 bridgehead atoms. The van der Waals surface area contributed by atoms with E-state index < -0.39 is 17.3 Å². The van der Waals surface area contributed by atoms with Crippen LogP contribution in [0.25, 0.3) is 17.0 Å². The van der Waals surface area contributed by atoms with Crippen molar-refractivity contribution in [2.24, 2.45) is 5.92 Å². The number of rotatable bonds is 2. The lowest BCUT2D eigenvalue weighted by molar-refractivity contribution is 0.0173. The van der Waals surface area contributed by atoms with Crippen LogP contribution in [0, 0.1) is 5.92 Å². The van der Waals surface area contributed by atoms with Crippen molar-refractivity contribution in [3.8, 4) is 11.5 Å². The molecule has 3 heterocycles. The molecule has 2 aliphatic heterocycles. The van der Waals surface area contributed by atoms with Crippen LogP contribution in [-0.4, -0.2) is 16.8 Å². The Morgan fingerprint density at radius 1 is 1.22 bits per heavy atom. The maximum atomic E-state index is 12.3. The third-order valence-electron chi connectivity index (χ3n) is 5.62. The van der Waals surface area contributed by atoms with Gasteiger partial charge in [-0.2, -0.15) is 0 Å². The molecule has 0 saturated heterocycles. The standard InChI is InChI=1S/C22H26O5/c1-6-7-13-10-15(23)26-21-16(13)20-14(8-9-22(4,5)27-20)19-17(21)18(24)11(2)12(3)25-19/h8-12,18,24H,6-7H2,1-5H3/t11-,12+,18-/m1/s1. The van der Waals surface area contributed by atoms with Crippen LogP contribution in [0.1, 0.15) is 63.8 Å². The molecule has 0 unspecified atom stereocenters. The Morgan fingerprint density at radius 3 is 2.67 bits per heavy atom. The van der Waals surface area contributed by atoms with E-state index in [4.69, 9.17) is 13.9 Å². The fourth-order valence-corrected chi connectivity index (χ4v) is 3.98. The van der Waals surface area contributed by atoms with Crippen molar-refractivity contribution in [1.29, 1.82) is 0 Å². The number of hydrogen-bond acceptors (Lipinski definition) is 5. The third-order valence-corrected chi connectivity index (χ3v) is 5.62. The largest absolute Gasteiger partial charge is 0.489 e. The van der Waals surface area contributed by atoms with Gasteiger partial charge in [-0.05, 0) is 44.9 Å². The summed E-state index contributed by atoms with van der Waals surface area (Å²) in [5.41, 5.74) is 1.72. The lowest BCUT2D eigenvalue weighted by Crippen LogP contribution is -2.34. The van der Waals surface area contributed by atoms with E-state index in [9.17, 15) is 9.90 Å². The Kier molecular flexibility index (Phi) is 4.11. The average Bonchev–Trinajstić information content (AvgIpc) is 2.58. The summed E-state index contributed by atoms with van der Waals surface area (Å²) in [5.74, 6) is 1.10. The molecule has 0 aliphatic carbocycles. The van der Waals surface area contributed by atoms with E-state index in [0.29, 0.717) is 22.6 Å². The lowest BCUT2D eigenvalue weighted by Gasteiger charge is -2.37. The van der Waals surface area contributed by atoms with E-state index in [1.165, 1.54) is 6.07 Å². The number of aryl methyl sites for hydroxylation is 1. The number of ether oxygens (including phenoxy) is 2. The van der Waals surface area contributed by atoms with Crippen LogP contribution in [0.15, 0.2) is 21.4 Å². The summed E-state index contributed by atoms with van der Waals surface area (Å²) in [6.07, 6.45) is 4.65. The van der Waals surface area contributed by atoms with Crippen LogP contribution in [-0.2, 0) is 6.42 Å². The van der Waals surface area contributed by atoms with E-state index >= 15 is 0 Å². The van der Waals surface area contributed by atoms with Gasteiger partial charge in [0.25, 0.3) is 0 Å². The maximum Gasteiger partial charge on any atom is 0.336 e. The van der Waals surface area contributed by atoms with E-state index in [1.807, 2.05) is 39.8 Å². The molecular formula is C22H26O5. The molecule has 1 N–H and O–H groups in total. The summed E-state index contributed by atoms with van der Waals surface area (Å²) in [6, 6.07) is 1.54. The molecular weight excluding hydrogens is 344 g/mol. The van der Waals surface area contributed by atoms with Crippen molar-refractivity contribution in [2.75, 3.05) is 0 Å². The van der Waals surface area contributed by atoms with Crippen LogP contribution in [0.2, 0.25) is 0 Å². The van der Waals surface area contributed by atoms with Gasteiger partial charge in [0.15, 0.2) is 5.58 Å². The van der Waals surface area contributed by atoms with Crippen LogP contribution in [0.3, 0.4) is 0 Å². The highest BCUT2D eigenvalue weighted by atomic mass is 16.5. The normalized spacial score (nSPS) is 25.5. The van der Waals surface area contributed by atoms with Gasteiger partial charge < -0.3 is 19.0 Å².